The number of hydrogen-bond donors (Lipinski definition) is 0. The molecule has 2 aromatic rings. The molecule has 0 radical (unpaired) electrons. The summed E-state index contributed by atoms with van der Waals surface area (Å²) in [4.78, 5) is 4.06. The first kappa shape index (κ1) is 12.9. The SMILES string of the molecule is COc1ccc(OCc2cccnc2)c(CBr)c1. The molecule has 94 valence electrons. The lowest BCUT2D eigenvalue weighted by Crippen LogP contribution is -1.98. The molecule has 0 N–H and O–H groups in total. The molecule has 0 atom stereocenters. The number of aromatic nitrogens is 1. The maximum Gasteiger partial charge on any atom is 0.124 e. The molecule has 0 bridgehead atoms. The normalized spacial score (nSPS) is 10.1. The number of nitrogens with zero attached hydrogens (tertiary/aromatic N) is 1. The lowest BCUT2D eigenvalue weighted by molar-refractivity contribution is 0.302. The van der Waals surface area contributed by atoms with Crippen molar-refractivity contribution in [3.05, 3.63) is 53.9 Å². The average molecular weight is 308 g/mol. The Balaban J connectivity index is 2.09. The quantitative estimate of drug-likeness (QED) is 0.791. The van der Waals surface area contributed by atoms with E-state index in [2.05, 4.69) is 20.9 Å². The fourth-order valence-electron chi connectivity index (χ4n) is 1.57. The van der Waals surface area contributed by atoms with Gasteiger partial charge in [-0.3, -0.25) is 4.98 Å². The van der Waals surface area contributed by atoms with E-state index in [1.165, 1.54) is 0 Å². The highest BCUT2D eigenvalue weighted by Gasteiger charge is 2.05. The highest BCUT2D eigenvalue weighted by molar-refractivity contribution is 9.08. The van der Waals surface area contributed by atoms with Crippen LogP contribution in [0.2, 0.25) is 0 Å². The summed E-state index contributed by atoms with van der Waals surface area (Å²) in [6.45, 7) is 0.514. The maximum absolute atomic E-state index is 5.79. The lowest BCUT2D eigenvalue weighted by Gasteiger charge is -2.11. The number of methoxy groups -OCH3 is 1. The molecule has 4 heteroatoms. The monoisotopic (exact) mass is 307 g/mol. The number of benzene rings is 1. The van der Waals surface area contributed by atoms with Crippen molar-refractivity contribution < 1.29 is 9.47 Å². The van der Waals surface area contributed by atoms with Crippen LogP contribution < -0.4 is 9.47 Å². The zero-order valence-electron chi connectivity index (χ0n) is 10.1. The van der Waals surface area contributed by atoms with Gasteiger partial charge in [0, 0.05) is 28.9 Å². The smallest absolute Gasteiger partial charge is 0.124 e. The van der Waals surface area contributed by atoms with E-state index in [-0.39, 0.29) is 0 Å². The second kappa shape index (κ2) is 6.40. The zero-order chi connectivity index (χ0) is 12.8. The highest BCUT2D eigenvalue weighted by Crippen LogP contribution is 2.26. The molecule has 0 aliphatic carbocycles. The molecular weight excluding hydrogens is 294 g/mol. The van der Waals surface area contributed by atoms with Gasteiger partial charge in [-0.1, -0.05) is 22.0 Å². The number of ether oxygens (including phenoxy) is 2. The summed E-state index contributed by atoms with van der Waals surface area (Å²) in [5.41, 5.74) is 2.12. The fraction of sp³-hybridized carbons (Fsp3) is 0.214. The minimum absolute atomic E-state index is 0.514. The predicted molar refractivity (Wildman–Crippen MR) is 74.2 cm³/mol. The van der Waals surface area contributed by atoms with Gasteiger partial charge in [-0.05, 0) is 24.3 Å². The Morgan fingerprint density at radius 2 is 2.17 bits per heavy atom. The first-order chi connectivity index (χ1) is 8.83. The summed E-state index contributed by atoms with van der Waals surface area (Å²) >= 11 is 3.45. The molecule has 0 saturated heterocycles. The third-order valence-electron chi connectivity index (χ3n) is 2.53. The van der Waals surface area contributed by atoms with E-state index in [4.69, 9.17) is 9.47 Å². The Morgan fingerprint density at radius 1 is 1.28 bits per heavy atom. The molecule has 0 saturated carbocycles. The van der Waals surface area contributed by atoms with E-state index < -0.39 is 0 Å². The molecule has 0 unspecified atom stereocenters. The van der Waals surface area contributed by atoms with Gasteiger partial charge in [-0.15, -0.1) is 0 Å². The maximum atomic E-state index is 5.79. The Bertz CT molecular complexity index is 502. The second-order valence-electron chi connectivity index (χ2n) is 3.76. The average Bonchev–Trinajstić information content (AvgIpc) is 2.46. The zero-order valence-corrected chi connectivity index (χ0v) is 11.7. The van der Waals surface area contributed by atoms with Crippen LogP contribution >= 0.6 is 15.9 Å². The van der Waals surface area contributed by atoms with E-state index >= 15 is 0 Å². The fourth-order valence-corrected chi connectivity index (χ4v) is 2.01. The van der Waals surface area contributed by atoms with Gasteiger partial charge in [0.05, 0.1) is 7.11 Å². The van der Waals surface area contributed by atoms with Gasteiger partial charge < -0.3 is 9.47 Å². The molecule has 1 heterocycles. The predicted octanol–water partition coefficient (Wildman–Crippen LogP) is 3.56. The van der Waals surface area contributed by atoms with Gasteiger partial charge in [-0.2, -0.15) is 0 Å². The second-order valence-corrected chi connectivity index (χ2v) is 4.32. The molecule has 2 rings (SSSR count). The number of hydrogen-bond acceptors (Lipinski definition) is 3. The van der Waals surface area contributed by atoms with Crippen LogP contribution in [-0.4, -0.2) is 12.1 Å². The number of rotatable bonds is 5. The van der Waals surface area contributed by atoms with Gasteiger partial charge in [0.2, 0.25) is 0 Å². The Morgan fingerprint density at radius 3 is 2.83 bits per heavy atom. The number of alkyl halides is 1. The van der Waals surface area contributed by atoms with E-state index in [0.717, 1.165) is 28.0 Å². The molecule has 3 nitrogen and oxygen atoms in total. The summed E-state index contributed by atoms with van der Waals surface area (Å²) in [7, 11) is 1.66. The first-order valence-electron chi connectivity index (χ1n) is 5.58. The standard InChI is InChI=1S/C14H14BrNO2/c1-17-13-4-5-14(12(7-13)8-15)18-10-11-3-2-6-16-9-11/h2-7,9H,8,10H2,1H3. The number of pyridine rings is 1. The lowest BCUT2D eigenvalue weighted by atomic mass is 10.2. The van der Waals surface area contributed by atoms with E-state index in [0.29, 0.717) is 6.61 Å². The molecule has 1 aromatic heterocycles. The molecule has 0 aliphatic heterocycles. The van der Waals surface area contributed by atoms with Gasteiger partial charge in [0.1, 0.15) is 18.1 Å². The largest absolute Gasteiger partial charge is 0.497 e. The summed E-state index contributed by atoms with van der Waals surface area (Å²) in [5.74, 6) is 1.69. The molecular formula is C14H14BrNO2. The van der Waals surface area contributed by atoms with Crippen molar-refractivity contribution in [2.24, 2.45) is 0 Å². The van der Waals surface area contributed by atoms with Gasteiger partial charge in [0.25, 0.3) is 0 Å². The third kappa shape index (κ3) is 3.23. The Labute approximate surface area is 115 Å². The molecule has 0 aliphatic rings. The van der Waals surface area contributed by atoms with Crippen molar-refractivity contribution in [2.45, 2.75) is 11.9 Å². The van der Waals surface area contributed by atoms with Crippen LogP contribution in [0.15, 0.2) is 42.7 Å². The van der Waals surface area contributed by atoms with Crippen molar-refractivity contribution in [1.29, 1.82) is 0 Å². The van der Waals surface area contributed by atoms with Crippen LogP contribution in [0.25, 0.3) is 0 Å². The van der Waals surface area contributed by atoms with Crippen LogP contribution in [0.3, 0.4) is 0 Å². The minimum Gasteiger partial charge on any atom is -0.497 e. The third-order valence-corrected chi connectivity index (χ3v) is 3.13. The van der Waals surface area contributed by atoms with Gasteiger partial charge in [0.15, 0.2) is 0 Å². The Hall–Kier alpha value is -1.55. The Kier molecular flexibility index (Phi) is 4.59. The van der Waals surface area contributed by atoms with Crippen molar-refractivity contribution in [3.63, 3.8) is 0 Å². The minimum atomic E-state index is 0.514. The number of halogens is 1. The van der Waals surface area contributed by atoms with E-state index in [9.17, 15) is 0 Å². The van der Waals surface area contributed by atoms with Crippen LogP contribution in [0.4, 0.5) is 0 Å². The van der Waals surface area contributed by atoms with Crippen molar-refractivity contribution in [2.75, 3.05) is 7.11 Å². The summed E-state index contributed by atoms with van der Waals surface area (Å²) < 4.78 is 11.0. The van der Waals surface area contributed by atoms with Crippen LogP contribution in [-0.2, 0) is 11.9 Å². The van der Waals surface area contributed by atoms with Crippen LogP contribution in [0.5, 0.6) is 11.5 Å². The molecule has 0 spiro atoms. The van der Waals surface area contributed by atoms with Crippen molar-refractivity contribution >= 4 is 15.9 Å². The van der Waals surface area contributed by atoms with Gasteiger partial charge in [-0.25, -0.2) is 0 Å². The van der Waals surface area contributed by atoms with E-state index in [1.54, 1.807) is 19.5 Å². The molecule has 0 fully saturated rings. The molecule has 18 heavy (non-hydrogen) atoms. The topological polar surface area (TPSA) is 31.4 Å². The van der Waals surface area contributed by atoms with Crippen LogP contribution in [0, 0.1) is 0 Å². The van der Waals surface area contributed by atoms with Crippen molar-refractivity contribution in [3.8, 4) is 11.5 Å². The van der Waals surface area contributed by atoms with Gasteiger partial charge >= 0.3 is 0 Å². The summed E-state index contributed by atoms with van der Waals surface area (Å²) in [6.07, 6.45) is 3.55. The molecule has 1 aromatic carbocycles. The van der Waals surface area contributed by atoms with Crippen LogP contribution in [0.1, 0.15) is 11.1 Å². The summed E-state index contributed by atoms with van der Waals surface area (Å²) in [5, 5.41) is 0.729. The molecule has 0 amide bonds. The highest BCUT2D eigenvalue weighted by atomic mass is 79.9. The van der Waals surface area contributed by atoms with E-state index in [1.807, 2.05) is 30.3 Å². The first-order valence-corrected chi connectivity index (χ1v) is 6.70. The van der Waals surface area contributed by atoms with Crippen molar-refractivity contribution in [1.82, 2.24) is 4.98 Å². The summed E-state index contributed by atoms with van der Waals surface area (Å²) in [6, 6.07) is 9.67.